The number of nitrogens with zero attached hydrogens (tertiary/aromatic N) is 4. The first-order valence-electron chi connectivity index (χ1n) is 13.7. The molecule has 0 spiro atoms. The van der Waals surface area contributed by atoms with Crippen molar-refractivity contribution in [3.63, 3.8) is 0 Å². The molecule has 0 radical (unpaired) electrons. The zero-order valence-electron chi connectivity index (χ0n) is 24.1. The van der Waals surface area contributed by atoms with Crippen molar-refractivity contribution in [2.45, 2.75) is 70.9 Å². The predicted octanol–water partition coefficient (Wildman–Crippen LogP) is 0.821. The lowest BCUT2D eigenvalue weighted by Crippen LogP contribution is -2.57. The van der Waals surface area contributed by atoms with E-state index in [1.54, 1.807) is 19.1 Å². The van der Waals surface area contributed by atoms with Crippen molar-refractivity contribution in [3.8, 4) is 0 Å². The molecule has 0 bridgehead atoms. The third-order valence-corrected chi connectivity index (χ3v) is 6.59. The Morgan fingerprint density at radius 1 is 1.05 bits per heavy atom. The topological polar surface area (TPSA) is 171 Å². The molecule has 4 amide bonds. The van der Waals surface area contributed by atoms with E-state index in [4.69, 9.17) is 4.74 Å². The van der Waals surface area contributed by atoms with Gasteiger partial charge in [-0.1, -0.05) is 53.7 Å². The second-order valence-electron chi connectivity index (χ2n) is 11.0. The van der Waals surface area contributed by atoms with Crippen LogP contribution in [0.2, 0.25) is 0 Å². The number of para-hydroxylation sites is 1. The first-order chi connectivity index (χ1) is 20.0. The lowest BCUT2D eigenvalue weighted by atomic mass is 10.1. The van der Waals surface area contributed by atoms with Gasteiger partial charge in [0, 0.05) is 12.1 Å². The Kier molecular flexibility index (Phi) is 9.63. The molecular formula is C29H36N8O5. The monoisotopic (exact) mass is 576 g/mol. The molecule has 0 unspecified atom stereocenters. The highest BCUT2D eigenvalue weighted by Gasteiger charge is 2.39. The van der Waals surface area contributed by atoms with E-state index in [1.165, 1.54) is 4.90 Å². The van der Waals surface area contributed by atoms with Gasteiger partial charge >= 0.3 is 0 Å². The number of anilines is 1. The Bertz CT molecular complexity index is 1390. The van der Waals surface area contributed by atoms with Crippen LogP contribution in [0.5, 0.6) is 0 Å². The molecule has 222 valence electrons. The molecule has 0 saturated carbocycles. The fourth-order valence-electron chi connectivity index (χ4n) is 4.83. The van der Waals surface area contributed by atoms with Crippen LogP contribution in [0.15, 0.2) is 54.6 Å². The number of ether oxygens (including phenoxy) is 1. The van der Waals surface area contributed by atoms with Crippen LogP contribution in [-0.2, 0) is 43.3 Å². The highest BCUT2D eigenvalue weighted by Crippen LogP contribution is 2.32. The molecule has 0 fully saturated rings. The number of carbonyl (C=O) groups is 4. The molecule has 1 aromatic heterocycles. The molecule has 3 atom stereocenters. The third-order valence-electron chi connectivity index (χ3n) is 6.59. The SMILES string of the molecule is C[C@@H](OC(C)(C)C)[C@H](NC(=O)Cc1ccccc1)C(=O)NCC(=O)N1c2ccccc2C[C@H]1C(=O)NCc1nn[nH]n1. The molecule has 4 N–H and O–H groups in total. The van der Waals surface area contributed by atoms with E-state index in [0.717, 1.165) is 11.1 Å². The zero-order chi connectivity index (χ0) is 30.3. The standard InChI is InChI=1S/C29H36N8O5/c1-18(42-29(2,3)4)26(32-24(38)14-19-10-6-5-7-11-19)28(41)31-17-25(39)37-21-13-9-8-12-20(21)15-22(37)27(40)30-16-23-33-35-36-34-23/h5-13,18,22,26H,14-17H2,1-4H3,(H,30,40)(H,31,41)(H,32,38)(H,33,34,35,36)/t18-,22+,26+/m1/s1. The van der Waals surface area contributed by atoms with E-state index in [2.05, 4.69) is 36.6 Å². The fourth-order valence-corrected chi connectivity index (χ4v) is 4.83. The van der Waals surface area contributed by atoms with Gasteiger partial charge < -0.3 is 20.7 Å². The van der Waals surface area contributed by atoms with Crippen LogP contribution in [0, 0.1) is 0 Å². The molecule has 2 heterocycles. The number of hydrogen-bond acceptors (Lipinski definition) is 8. The van der Waals surface area contributed by atoms with Gasteiger partial charge in [0.15, 0.2) is 5.82 Å². The van der Waals surface area contributed by atoms with Crippen LogP contribution in [0.3, 0.4) is 0 Å². The fraction of sp³-hybridized carbons (Fsp3) is 0.414. The van der Waals surface area contributed by atoms with Crippen molar-refractivity contribution in [3.05, 3.63) is 71.5 Å². The molecule has 4 rings (SSSR count). The normalized spacial score (nSPS) is 15.8. The summed E-state index contributed by atoms with van der Waals surface area (Å²) in [4.78, 5) is 54.3. The number of aromatic amines is 1. The van der Waals surface area contributed by atoms with Crippen molar-refractivity contribution < 1.29 is 23.9 Å². The van der Waals surface area contributed by atoms with Crippen molar-refractivity contribution >= 4 is 29.3 Å². The number of amides is 4. The number of carbonyl (C=O) groups excluding carboxylic acids is 4. The second-order valence-corrected chi connectivity index (χ2v) is 11.0. The number of aromatic nitrogens is 4. The molecule has 3 aromatic rings. The highest BCUT2D eigenvalue weighted by molar-refractivity contribution is 6.05. The van der Waals surface area contributed by atoms with Crippen molar-refractivity contribution in [1.82, 2.24) is 36.6 Å². The van der Waals surface area contributed by atoms with Gasteiger partial charge in [-0.05, 0) is 44.9 Å². The first-order valence-corrected chi connectivity index (χ1v) is 13.7. The summed E-state index contributed by atoms with van der Waals surface area (Å²) in [7, 11) is 0. The Labute approximate surface area is 243 Å². The van der Waals surface area contributed by atoms with E-state index in [1.807, 2.05) is 63.2 Å². The summed E-state index contributed by atoms with van der Waals surface area (Å²) in [6.45, 7) is 6.89. The van der Waals surface area contributed by atoms with Crippen LogP contribution in [0.25, 0.3) is 0 Å². The molecule has 13 heteroatoms. The number of benzene rings is 2. The minimum atomic E-state index is -1.06. The van der Waals surface area contributed by atoms with E-state index in [9.17, 15) is 19.2 Å². The van der Waals surface area contributed by atoms with E-state index in [-0.39, 0.29) is 18.9 Å². The lowest BCUT2D eigenvalue weighted by molar-refractivity contribution is -0.137. The van der Waals surface area contributed by atoms with Gasteiger partial charge in [0.05, 0.1) is 31.2 Å². The molecule has 1 aliphatic heterocycles. The second kappa shape index (κ2) is 13.3. The van der Waals surface area contributed by atoms with E-state index < -0.39 is 48.1 Å². The Morgan fingerprint density at radius 2 is 1.76 bits per heavy atom. The van der Waals surface area contributed by atoms with Crippen molar-refractivity contribution in [1.29, 1.82) is 0 Å². The predicted molar refractivity (Wildman–Crippen MR) is 153 cm³/mol. The van der Waals surface area contributed by atoms with Gasteiger partial charge in [-0.25, -0.2) is 0 Å². The van der Waals surface area contributed by atoms with Gasteiger partial charge in [-0.2, -0.15) is 5.21 Å². The first kappa shape index (κ1) is 30.3. The highest BCUT2D eigenvalue weighted by atomic mass is 16.5. The average Bonchev–Trinajstić information content (AvgIpc) is 3.61. The Morgan fingerprint density at radius 3 is 2.45 bits per heavy atom. The average molecular weight is 577 g/mol. The van der Waals surface area contributed by atoms with E-state index >= 15 is 0 Å². The molecule has 0 aliphatic carbocycles. The van der Waals surface area contributed by atoms with E-state index in [0.29, 0.717) is 17.9 Å². The Balaban J connectivity index is 1.44. The molecular weight excluding hydrogens is 540 g/mol. The summed E-state index contributed by atoms with van der Waals surface area (Å²) in [5, 5.41) is 21.6. The maximum atomic E-state index is 13.5. The molecule has 42 heavy (non-hydrogen) atoms. The summed E-state index contributed by atoms with van der Waals surface area (Å²) in [5.74, 6) is -1.51. The number of fused-ring (bicyclic) bond motifs is 1. The summed E-state index contributed by atoms with van der Waals surface area (Å²) in [5.41, 5.74) is 1.63. The van der Waals surface area contributed by atoms with Crippen LogP contribution in [-0.4, -0.2) is 74.6 Å². The maximum absolute atomic E-state index is 13.5. The number of H-pyrrole nitrogens is 1. The van der Waals surface area contributed by atoms with Gasteiger partial charge in [-0.15, -0.1) is 10.2 Å². The summed E-state index contributed by atoms with van der Waals surface area (Å²) in [6, 6.07) is 14.5. The third kappa shape index (κ3) is 7.97. The van der Waals surface area contributed by atoms with Crippen LogP contribution < -0.4 is 20.9 Å². The minimum Gasteiger partial charge on any atom is -0.370 e. The summed E-state index contributed by atoms with van der Waals surface area (Å²) < 4.78 is 5.99. The number of nitrogens with one attached hydrogen (secondary N) is 4. The van der Waals surface area contributed by atoms with Gasteiger partial charge in [0.25, 0.3) is 0 Å². The van der Waals surface area contributed by atoms with Gasteiger partial charge in [0.2, 0.25) is 23.6 Å². The minimum absolute atomic E-state index is 0.0387. The number of rotatable bonds is 11. The molecule has 13 nitrogen and oxygen atoms in total. The lowest BCUT2D eigenvalue weighted by Gasteiger charge is -2.31. The summed E-state index contributed by atoms with van der Waals surface area (Å²) in [6.07, 6.45) is -0.310. The largest absolute Gasteiger partial charge is 0.370 e. The molecule has 1 aliphatic rings. The van der Waals surface area contributed by atoms with Crippen molar-refractivity contribution in [2.24, 2.45) is 0 Å². The molecule has 0 saturated heterocycles. The van der Waals surface area contributed by atoms with Crippen LogP contribution >= 0.6 is 0 Å². The van der Waals surface area contributed by atoms with Gasteiger partial charge in [-0.3, -0.25) is 24.1 Å². The van der Waals surface area contributed by atoms with Crippen molar-refractivity contribution in [2.75, 3.05) is 11.4 Å². The summed E-state index contributed by atoms with van der Waals surface area (Å²) >= 11 is 0. The molecule has 2 aromatic carbocycles. The van der Waals surface area contributed by atoms with Gasteiger partial charge in [0.1, 0.15) is 12.1 Å². The number of hydrogen-bond donors (Lipinski definition) is 4. The number of tetrazole rings is 1. The smallest absolute Gasteiger partial charge is 0.247 e. The Hall–Kier alpha value is -4.65. The zero-order valence-corrected chi connectivity index (χ0v) is 24.1. The maximum Gasteiger partial charge on any atom is 0.247 e. The quantitative estimate of drug-likeness (QED) is 0.260. The van der Waals surface area contributed by atoms with Crippen LogP contribution in [0.4, 0.5) is 5.69 Å². The van der Waals surface area contributed by atoms with Crippen LogP contribution in [0.1, 0.15) is 44.6 Å².